The Morgan fingerprint density at radius 1 is 1.07 bits per heavy atom. The Bertz CT molecular complexity index is 1550. The van der Waals surface area contributed by atoms with Gasteiger partial charge in [-0.25, -0.2) is 19.2 Å². The van der Waals surface area contributed by atoms with Gasteiger partial charge in [0.15, 0.2) is 11.6 Å². The van der Waals surface area contributed by atoms with E-state index in [-0.39, 0.29) is 24.5 Å². The van der Waals surface area contributed by atoms with Gasteiger partial charge in [0, 0.05) is 24.2 Å². The van der Waals surface area contributed by atoms with Gasteiger partial charge in [0.25, 0.3) is 5.78 Å². The quantitative estimate of drug-likeness (QED) is 0.223. The Balaban J connectivity index is 1.19. The first-order chi connectivity index (χ1) is 19.8. The first-order valence-electron chi connectivity index (χ1n) is 14.7. The second-order valence-electron chi connectivity index (χ2n) is 11.7. The average Bonchev–Trinajstić information content (AvgIpc) is 3.73. The van der Waals surface area contributed by atoms with Gasteiger partial charge in [0.05, 0.1) is 6.54 Å². The molecule has 2 fully saturated rings. The summed E-state index contributed by atoms with van der Waals surface area (Å²) in [6.45, 7) is 6.67. The number of hydrogen-bond donors (Lipinski definition) is 0. The van der Waals surface area contributed by atoms with Crippen molar-refractivity contribution in [2.45, 2.75) is 90.7 Å². The van der Waals surface area contributed by atoms with Crippen molar-refractivity contribution in [2.75, 3.05) is 0 Å². The molecule has 1 aromatic carbocycles. The van der Waals surface area contributed by atoms with Crippen molar-refractivity contribution in [1.82, 2.24) is 34.3 Å². The maximum Gasteiger partial charge on any atom is 0.317 e. The molecule has 3 aromatic heterocycles. The Labute approximate surface area is 239 Å². The highest BCUT2D eigenvalue weighted by Crippen LogP contribution is 2.45. The number of hydrogen-bond acceptors (Lipinski definition) is 8. The number of aromatic nitrogens is 7. The monoisotopic (exact) mass is 555 g/mol. The van der Waals surface area contributed by atoms with Crippen molar-refractivity contribution in [3.63, 3.8) is 0 Å². The van der Waals surface area contributed by atoms with E-state index in [0.717, 1.165) is 49.9 Å². The van der Waals surface area contributed by atoms with Gasteiger partial charge in [0.1, 0.15) is 24.2 Å². The van der Waals surface area contributed by atoms with Crippen LogP contribution in [0.15, 0.2) is 36.9 Å². The number of nitrogens with zero attached hydrogens (tertiary/aromatic N) is 7. The van der Waals surface area contributed by atoms with Gasteiger partial charge < -0.3 is 4.74 Å². The molecule has 1 saturated heterocycles. The van der Waals surface area contributed by atoms with Gasteiger partial charge in [0.2, 0.25) is 0 Å². The van der Waals surface area contributed by atoms with Crippen LogP contribution in [0, 0.1) is 25.7 Å². The summed E-state index contributed by atoms with van der Waals surface area (Å²) in [5, 5.41) is 8.76. The number of carbonyl (C=O) groups is 2. The molecular formula is C31H37N7O3. The highest BCUT2D eigenvalue weighted by molar-refractivity contribution is 6.01. The van der Waals surface area contributed by atoms with E-state index in [1.165, 1.54) is 16.7 Å². The van der Waals surface area contributed by atoms with Crippen LogP contribution in [-0.4, -0.2) is 51.7 Å². The minimum Gasteiger partial charge on any atom is -0.458 e. The maximum absolute atomic E-state index is 13.6. The second kappa shape index (κ2) is 11.1. The molecular weight excluding hydrogens is 518 g/mol. The summed E-state index contributed by atoms with van der Waals surface area (Å²) in [4.78, 5) is 40.1. The first kappa shape index (κ1) is 27.2. The summed E-state index contributed by atoms with van der Waals surface area (Å²) < 4.78 is 9.83. The molecule has 1 aliphatic heterocycles. The van der Waals surface area contributed by atoms with E-state index in [0.29, 0.717) is 24.6 Å². The Morgan fingerprint density at radius 2 is 1.90 bits per heavy atom. The van der Waals surface area contributed by atoms with Crippen molar-refractivity contribution < 1.29 is 14.3 Å². The number of esters is 1. The average molecular weight is 556 g/mol. The molecule has 214 valence electrons. The summed E-state index contributed by atoms with van der Waals surface area (Å²) in [5.74, 6) is -0.264. The number of ketones is 1. The molecule has 10 nitrogen and oxygen atoms in total. The van der Waals surface area contributed by atoms with Crippen molar-refractivity contribution in [2.24, 2.45) is 11.8 Å². The molecule has 2 aliphatic rings. The Hall–Kier alpha value is -3.95. The third-order valence-corrected chi connectivity index (χ3v) is 8.89. The molecule has 0 radical (unpaired) electrons. The van der Waals surface area contributed by atoms with E-state index in [1.807, 2.05) is 24.6 Å². The summed E-state index contributed by atoms with van der Waals surface area (Å²) >= 11 is 0. The lowest BCUT2D eigenvalue weighted by Crippen LogP contribution is -2.52. The highest BCUT2D eigenvalue weighted by atomic mass is 16.6. The highest BCUT2D eigenvalue weighted by Gasteiger charge is 2.51. The van der Waals surface area contributed by atoms with Gasteiger partial charge in [-0.1, -0.05) is 38.0 Å². The number of fused-ring (bicyclic) bond motifs is 1. The standard InChI is InChI=1S/C31H37N7O3/c1-4-23-14-22(9-10-24(23)17-37-19-32-18-33-37)11-12-31(25-7-5-6-8-25)16-27(39)26(29(40)41-31)15-28-35-30-34-20(2)13-21(3)38(30)36-28/h9-10,13-14,18-19,25-26H,4-8,11-12,15-17H2,1-3H3. The second-order valence-corrected chi connectivity index (χ2v) is 11.7. The zero-order valence-electron chi connectivity index (χ0n) is 24.0. The minimum absolute atomic E-state index is 0.0645. The van der Waals surface area contributed by atoms with Gasteiger partial charge in [-0.2, -0.15) is 10.1 Å². The molecule has 0 amide bonds. The predicted octanol–water partition coefficient (Wildman–Crippen LogP) is 4.18. The molecule has 1 saturated carbocycles. The molecule has 2 atom stereocenters. The third-order valence-electron chi connectivity index (χ3n) is 8.89. The van der Waals surface area contributed by atoms with Crippen molar-refractivity contribution in [3.05, 3.63) is 70.8 Å². The smallest absolute Gasteiger partial charge is 0.317 e. The third kappa shape index (κ3) is 5.52. The molecule has 0 N–H and O–H groups in total. The van der Waals surface area contributed by atoms with Crippen LogP contribution < -0.4 is 0 Å². The lowest BCUT2D eigenvalue weighted by atomic mass is 9.73. The molecule has 6 rings (SSSR count). The molecule has 4 heterocycles. The number of benzene rings is 1. The van der Waals surface area contributed by atoms with E-state index in [2.05, 4.69) is 50.3 Å². The van der Waals surface area contributed by atoms with Crippen LogP contribution in [-0.2, 0) is 40.1 Å². The zero-order chi connectivity index (χ0) is 28.6. The molecule has 41 heavy (non-hydrogen) atoms. The normalized spacial score (nSPS) is 21.6. The van der Waals surface area contributed by atoms with Crippen LogP contribution >= 0.6 is 0 Å². The fourth-order valence-corrected chi connectivity index (χ4v) is 6.72. The Kier molecular flexibility index (Phi) is 7.40. The van der Waals surface area contributed by atoms with E-state index in [9.17, 15) is 9.59 Å². The number of carbonyl (C=O) groups excluding carboxylic acids is 2. The Morgan fingerprint density at radius 3 is 2.63 bits per heavy atom. The SMILES string of the molecule is CCc1cc(CCC2(C3CCCC3)CC(=O)C(Cc3nc4nc(C)cc(C)n4n3)C(=O)O2)ccc1Cn1cncn1. The van der Waals surface area contributed by atoms with E-state index < -0.39 is 17.5 Å². The van der Waals surface area contributed by atoms with Crippen LogP contribution in [0.25, 0.3) is 5.78 Å². The van der Waals surface area contributed by atoms with Crippen molar-refractivity contribution >= 4 is 17.5 Å². The fraction of sp³-hybridized carbons (Fsp3) is 0.516. The largest absolute Gasteiger partial charge is 0.458 e. The lowest BCUT2D eigenvalue weighted by Gasteiger charge is -2.43. The van der Waals surface area contributed by atoms with Gasteiger partial charge >= 0.3 is 5.97 Å². The van der Waals surface area contributed by atoms with Crippen molar-refractivity contribution in [1.29, 1.82) is 0 Å². The molecule has 10 heteroatoms. The number of ether oxygens (including phenoxy) is 1. The van der Waals surface area contributed by atoms with Crippen molar-refractivity contribution in [3.8, 4) is 0 Å². The molecule has 0 bridgehead atoms. The van der Waals surface area contributed by atoms with E-state index >= 15 is 0 Å². The molecule has 1 aliphatic carbocycles. The van der Waals surface area contributed by atoms with Gasteiger partial charge in [-0.3, -0.25) is 9.59 Å². The van der Waals surface area contributed by atoms with E-state index in [1.54, 1.807) is 17.2 Å². The minimum atomic E-state index is -0.883. The molecule has 4 aromatic rings. The van der Waals surface area contributed by atoms with E-state index in [4.69, 9.17) is 4.74 Å². The summed E-state index contributed by atoms with van der Waals surface area (Å²) in [6.07, 6.45) is 10.1. The first-order valence-corrected chi connectivity index (χ1v) is 14.7. The lowest BCUT2D eigenvalue weighted by molar-refractivity contribution is -0.185. The predicted molar refractivity (Wildman–Crippen MR) is 151 cm³/mol. The molecule has 0 spiro atoms. The van der Waals surface area contributed by atoms with Crippen LogP contribution in [0.5, 0.6) is 0 Å². The summed E-state index contributed by atoms with van der Waals surface area (Å²) in [5.41, 5.74) is 4.68. The number of rotatable bonds is 9. The molecule has 2 unspecified atom stereocenters. The van der Waals surface area contributed by atoms with Crippen LogP contribution in [0.2, 0.25) is 0 Å². The maximum atomic E-state index is 13.6. The topological polar surface area (TPSA) is 117 Å². The number of aryl methyl sites for hydroxylation is 4. The van der Waals surface area contributed by atoms with Crippen LogP contribution in [0.3, 0.4) is 0 Å². The summed E-state index contributed by atoms with van der Waals surface area (Å²) in [7, 11) is 0. The number of Topliss-reactive ketones (excluding diaryl/α,β-unsaturated/α-hetero) is 1. The van der Waals surface area contributed by atoms with Crippen LogP contribution in [0.1, 0.15) is 79.4 Å². The number of cyclic esters (lactones) is 1. The van der Waals surface area contributed by atoms with Gasteiger partial charge in [-0.05, 0) is 74.6 Å². The summed E-state index contributed by atoms with van der Waals surface area (Å²) in [6, 6.07) is 8.48. The van der Waals surface area contributed by atoms with Gasteiger partial charge in [-0.15, -0.1) is 5.10 Å². The van der Waals surface area contributed by atoms with Crippen LogP contribution in [0.4, 0.5) is 0 Å². The zero-order valence-corrected chi connectivity index (χ0v) is 24.0. The fourth-order valence-electron chi connectivity index (χ4n) is 6.72.